The molecule has 6 heteroatoms. The van der Waals surface area contributed by atoms with Crippen molar-refractivity contribution in [1.82, 2.24) is 24.8 Å². The van der Waals surface area contributed by atoms with Crippen LogP contribution < -0.4 is 5.32 Å². The maximum atomic E-state index is 4.89. The molecule has 6 nitrogen and oxygen atoms in total. The largest absolute Gasteiger partial charge is 0.357 e. The summed E-state index contributed by atoms with van der Waals surface area (Å²) in [7, 11) is 0. The van der Waals surface area contributed by atoms with E-state index in [1.165, 1.54) is 38.8 Å². The highest BCUT2D eigenvalue weighted by atomic mass is 15.3. The van der Waals surface area contributed by atoms with Gasteiger partial charge in [0.25, 0.3) is 0 Å². The lowest BCUT2D eigenvalue weighted by Gasteiger charge is -2.22. The molecule has 1 saturated heterocycles. The lowest BCUT2D eigenvalue weighted by atomic mass is 9.82. The molecule has 1 saturated carbocycles. The summed E-state index contributed by atoms with van der Waals surface area (Å²) in [6, 6.07) is 5.98. The van der Waals surface area contributed by atoms with E-state index in [4.69, 9.17) is 4.99 Å². The first-order valence-corrected chi connectivity index (χ1v) is 9.67. The lowest BCUT2D eigenvalue weighted by Crippen LogP contribution is -2.40. The zero-order valence-electron chi connectivity index (χ0n) is 15.1. The van der Waals surface area contributed by atoms with E-state index in [9.17, 15) is 0 Å². The zero-order valence-corrected chi connectivity index (χ0v) is 15.1. The van der Waals surface area contributed by atoms with Gasteiger partial charge < -0.3 is 10.2 Å². The molecule has 134 valence electrons. The van der Waals surface area contributed by atoms with Crippen molar-refractivity contribution in [3.63, 3.8) is 0 Å². The molecule has 1 N–H and O–H groups in total. The third kappa shape index (κ3) is 3.48. The van der Waals surface area contributed by atoms with Crippen LogP contribution in [0.5, 0.6) is 0 Å². The summed E-state index contributed by atoms with van der Waals surface area (Å²) < 4.78 is 2.05. The van der Waals surface area contributed by atoms with Crippen LogP contribution in [0.1, 0.15) is 38.4 Å². The number of nitrogens with one attached hydrogen (secondary N) is 1. The molecule has 2 aromatic rings. The molecule has 3 heterocycles. The van der Waals surface area contributed by atoms with E-state index >= 15 is 0 Å². The molecule has 0 amide bonds. The number of aromatic nitrogens is 3. The molecule has 0 radical (unpaired) electrons. The minimum Gasteiger partial charge on any atom is -0.357 e. The van der Waals surface area contributed by atoms with Crippen LogP contribution >= 0.6 is 0 Å². The Labute approximate surface area is 149 Å². The fourth-order valence-corrected chi connectivity index (χ4v) is 4.33. The van der Waals surface area contributed by atoms with Crippen LogP contribution in [0.4, 0.5) is 0 Å². The van der Waals surface area contributed by atoms with Crippen molar-refractivity contribution in [2.24, 2.45) is 16.8 Å². The molecular formula is C19H28N6. The Morgan fingerprint density at radius 1 is 1.20 bits per heavy atom. The molecule has 1 aliphatic carbocycles. The molecule has 2 unspecified atom stereocenters. The molecule has 0 bridgehead atoms. The molecular weight excluding hydrogens is 312 g/mol. The highest BCUT2D eigenvalue weighted by Crippen LogP contribution is 2.35. The van der Waals surface area contributed by atoms with Gasteiger partial charge in [0.1, 0.15) is 5.82 Å². The van der Waals surface area contributed by atoms with Gasteiger partial charge in [-0.1, -0.05) is 18.9 Å². The fourth-order valence-electron chi connectivity index (χ4n) is 4.33. The Hall–Kier alpha value is -2.11. The van der Waals surface area contributed by atoms with Crippen molar-refractivity contribution in [2.45, 2.75) is 39.0 Å². The topological polar surface area (TPSA) is 57.8 Å². The van der Waals surface area contributed by atoms with Gasteiger partial charge in [-0.2, -0.15) is 0 Å². The molecule has 0 spiro atoms. The maximum absolute atomic E-state index is 4.89. The second-order valence-electron chi connectivity index (χ2n) is 7.24. The van der Waals surface area contributed by atoms with Crippen LogP contribution in [-0.2, 0) is 6.42 Å². The molecule has 0 aromatic carbocycles. The number of hydrogen-bond acceptors (Lipinski definition) is 3. The van der Waals surface area contributed by atoms with Gasteiger partial charge in [0.15, 0.2) is 11.6 Å². The van der Waals surface area contributed by atoms with Gasteiger partial charge in [0.05, 0.1) is 0 Å². The van der Waals surface area contributed by atoms with Gasteiger partial charge >= 0.3 is 0 Å². The van der Waals surface area contributed by atoms with E-state index in [2.05, 4.69) is 27.3 Å². The van der Waals surface area contributed by atoms with Crippen molar-refractivity contribution in [2.75, 3.05) is 26.2 Å². The predicted molar refractivity (Wildman–Crippen MR) is 99.7 cm³/mol. The normalized spacial score (nSPS) is 23.9. The fraction of sp³-hybridized carbons (Fsp3) is 0.632. The molecule has 2 aliphatic rings. The Morgan fingerprint density at radius 2 is 2.00 bits per heavy atom. The lowest BCUT2D eigenvalue weighted by molar-refractivity contribution is 0.299. The molecule has 1 aliphatic heterocycles. The predicted octanol–water partition coefficient (Wildman–Crippen LogP) is 2.36. The van der Waals surface area contributed by atoms with E-state index in [-0.39, 0.29) is 0 Å². The summed E-state index contributed by atoms with van der Waals surface area (Å²) in [5.41, 5.74) is 0.900. The van der Waals surface area contributed by atoms with E-state index < -0.39 is 0 Å². The number of rotatable bonds is 4. The summed E-state index contributed by atoms with van der Waals surface area (Å²) in [6.45, 7) is 6.14. The van der Waals surface area contributed by atoms with Gasteiger partial charge in [-0.15, -0.1) is 10.2 Å². The van der Waals surface area contributed by atoms with E-state index in [0.717, 1.165) is 48.8 Å². The average Bonchev–Trinajstić information content (AvgIpc) is 3.25. The number of aliphatic imine (C=N–C) groups is 1. The SMILES string of the molecule is CCNC(=NCCc1nnc2ccccn12)N1CC2CCCCC2C1. The molecule has 4 rings (SSSR count). The van der Waals surface area contributed by atoms with Gasteiger partial charge in [-0.05, 0) is 43.7 Å². The minimum absolute atomic E-state index is 0.740. The highest BCUT2D eigenvalue weighted by Gasteiger charge is 2.35. The van der Waals surface area contributed by atoms with Crippen LogP contribution in [0.3, 0.4) is 0 Å². The summed E-state index contributed by atoms with van der Waals surface area (Å²) >= 11 is 0. The Balaban J connectivity index is 1.42. The number of hydrogen-bond donors (Lipinski definition) is 1. The first kappa shape index (κ1) is 16.4. The summed E-state index contributed by atoms with van der Waals surface area (Å²) in [5.74, 6) is 3.80. The first-order valence-electron chi connectivity index (χ1n) is 9.67. The van der Waals surface area contributed by atoms with Gasteiger partial charge in [-0.25, -0.2) is 0 Å². The molecule has 25 heavy (non-hydrogen) atoms. The number of nitrogens with zero attached hydrogens (tertiary/aromatic N) is 5. The highest BCUT2D eigenvalue weighted by molar-refractivity contribution is 5.80. The quantitative estimate of drug-likeness (QED) is 0.686. The average molecular weight is 340 g/mol. The minimum atomic E-state index is 0.740. The van der Waals surface area contributed by atoms with Crippen molar-refractivity contribution in [1.29, 1.82) is 0 Å². The summed E-state index contributed by atoms with van der Waals surface area (Å²) in [4.78, 5) is 7.36. The van der Waals surface area contributed by atoms with Crippen LogP contribution in [0.2, 0.25) is 0 Å². The smallest absolute Gasteiger partial charge is 0.193 e. The Morgan fingerprint density at radius 3 is 2.76 bits per heavy atom. The zero-order chi connectivity index (χ0) is 17.1. The molecule has 2 atom stereocenters. The monoisotopic (exact) mass is 340 g/mol. The van der Waals surface area contributed by atoms with E-state index in [0.29, 0.717) is 0 Å². The van der Waals surface area contributed by atoms with Crippen LogP contribution in [0.15, 0.2) is 29.4 Å². The Bertz CT molecular complexity index is 722. The second-order valence-corrected chi connectivity index (χ2v) is 7.24. The van der Waals surface area contributed by atoms with E-state index in [1.54, 1.807) is 0 Å². The van der Waals surface area contributed by atoms with Crippen LogP contribution in [0.25, 0.3) is 5.65 Å². The van der Waals surface area contributed by atoms with Crippen LogP contribution in [0, 0.1) is 11.8 Å². The maximum Gasteiger partial charge on any atom is 0.193 e. The first-order chi connectivity index (χ1) is 12.3. The summed E-state index contributed by atoms with van der Waals surface area (Å²) in [6.07, 6.45) is 8.43. The van der Waals surface area contributed by atoms with Crippen molar-refractivity contribution < 1.29 is 0 Å². The molecule has 2 aromatic heterocycles. The van der Waals surface area contributed by atoms with Crippen molar-refractivity contribution in [3.8, 4) is 0 Å². The van der Waals surface area contributed by atoms with Crippen LogP contribution in [-0.4, -0.2) is 51.6 Å². The number of guanidine groups is 1. The van der Waals surface area contributed by atoms with Crippen molar-refractivity contribution in [3.05, 3.63) is 30.2 Å². The number of likely N-dealkylation sites (tertiary alicyclic amines) is 1. The number of pyridine rings is 1. The third-order valence-corrected chi connectivity index (χ3v) is 5.59. The van der Waals surface area contributed by atoms with Gasteiger partial charge in [-0.3, -0.25) is 9.39 Å². The van der Waals surface area contributed by atoms with Gasteiger partial charge in [0.2, 0.25) is 0 Å². The number of fused-ring (bicyclic) bond motifs is 2. The van der Waals surface area contributed by atoms with E-state index in [1.807, 2.05) is 28.8 Å². The van der Waals surface area contributed by atoms with Crippen molar-refractivity contribution >= 4 is 11.6 Å². The Kier molecular flexibility index (Phi) is 4.85. The third-order valence-electron chi connectivity index (χ3n) is 5.59. The standard InChI is InChI=1S/C19H28N6/c1-2-20-19(24-13-15-7-3-4-8-16(15)14-24)21-11-10-18-23-22-17-9-5-6-12-25(17)18/h5-6,9,12,15-16H,2-4,7-8,10-11,13-14H2,1H3,(H,20,21). The van der Waals surface area contributed by atoms with Gasteiger partial charge in [0, 0.05) is 38.8 Å². The second kappa shape index (κ2) is 7.42. The summed E-state index contributed by atoms with van der Waals surface area (Å²) in [5, 5.41) is 12.0. The molecule has 2 fully saturated rings.